The van der Waals surface area contributed by atoms with E-state index >= 15 is 0 Å². The number of non-ortho nitro benzene ring substituents is 1. The Morgan fingerprint density at radius 2 is 1.86 bits per heavy atom. The third kappa shape index (κ3) is 3.60. The number of carbonyl (C=O) groups excluding carboxylic acids is 1. The highest BCUT2D eigenvalue weighted by atomic mass is 16.6. The molecule has 1 aromatic rings. The minimum atomic E-state index is -0.646. The lowest BCUT2D eigenvalue weighted by atomic mass is 9.98. The molecule has 2 rings (SSSR count). The lowest BCUT2D eigenvalue weighted by Crippen LogP contribution is -2.33. The van der Waals surface area contributed by atoms with Crippen molar-refractivity contribution in [1.29, 1.82) is 0 Å². The highest BCUT2D eigenvalue weighted by Crippen LogP contribution is 2.27. The molecule has 0 bridgehead atoms. The number of nitro groups is 2. The molecule has 8 heteroatoms. The zero-order valence-electron chi connectivity index (χ0n) is 11.3. The average Bonchev–Trinajstić information content (AvgIpc) is 2.48. The van der Waals surface area contributed by atoms with Gasteiger partial charge < -0.3 is 4.79 Å². The van der Waals surface area contributed by atoms with E-state index in [1.807, 2.05) is 4.90 Å². The predicted octanol–water partition coefficient (Wildman–Crippen LogP) is 1.91. The van der Waals surface area contributed by atoms with Crippen LogP contribution in [-0.4, -0.2) is 34.1 Å². The van der Waals surface area contributed by atoms with E-state index in [1.54, 1.807) is 0 Å². The molecule has 0 amide bonds. The first kappa shape index (κ1) is 15.0. The van der Waals surface area contributed by atoms with Gasteiger partial charge in [-0.1, -0.05) is 0 Å². The molecule has 1 saturated heterocycles. The van der Waals surface area contributed by atoms with Crippen LogP contribution in [0.2, 0.25) is 0 Å². The summed E-state index contributed by atoms with van der Waals surface area (Å²) in [7, 11) is 0. The quantitative estimate of drug-likeness (QED) is 0.466. The molecule has 1 aliphatic rings. The van der Waals surface area contributed by atoms with Gasteiger partial charge in [-0.3, -0.25) is 25.1 Å². The largest absolute Gasteiger partial charge is 0.303 e. The SMILES string of the molecule is O=CC1CCN(Cc2ccc([N+](=O)[O-])cc2[N+](=O)[O-])CC1. The van der Waals surface area contributed by atoms with Gasteiger partial charge in [0.15, 0.2) is 0 Å². The second-order valence-corrected chi connectivity index (χ2v) is 5.08. The van der Waals surface area contributed by atoms with Gasteiger partial charge in [0.1, 0.15) is 6.29 Å². The number of piperidine rings is 1. The molecule has 1 aliphatic heterocycles. The molecule has 0 radical (unpaired) electrons. The van der Waals surface area contributed by atoms with Crippen LogP contribution in [0.5, 0.6) is 0 Å². The highest BCUT2D eigenvalue weighted by Gasteiger charge is 2.23. The fraction of sp³-hybridized carbons (Fsp3) is 0.462. The molecule has 0 unspecified atom stereocenters. The number of carbonyl (C=O) groups is 1. The Kier molecular flexibility index (Phi) is 4.59. The van der Waals surface area contributed by atoms with E-state index in [1.165, 1.54) is 12.1 Å². The summed E-state index contributed by atoms with van der Waals surface area (Å²) in [6.07, 6.45) is 2.43. The Bertz CT molecular complexity index is 567. The molecule has 21 heavy (non-hydrogen) atoms. The zero-order chi connectivity index (χ0) is 15.4. The van der Waals surface area contributed by atoms with E-state index < -0.39 is 9.85 Å². The van der Waals surface area contributed by atoms with Crippen LogP contribution in [0.4, 0.5) is 11.4 Å². The molecule has 0 aliphatic carbocycles. The van der Waals surface area contributed by atoms with Crippen LogP contribution >= 0.6 is 0 Å². The van der Waals surface area contributed by atoms with Crippen molar-refractivity contribution >= 4 is 17.7 Å². The summed E-state index contributed by atoms with van der Waals surface area (Å²) >= 11 is 0. The van der Waals surface area contributed by atoms with Gasteiger partial charge in [-0.25, -0.2) is 0 Å². The second-order valence-electron chi connectivity index (χ2n) is 5.08. The Balaban J connectivity index is 2.14. The van der Waals surface area contributed by atoms with Crippen molar-refractivity contribution in [2.24, 2.45) is 5.92 Å². The lowest BCUT2D eigenvalue weighted by molar-refractivity contribution is -0.394. The van der Waals surface area contributed by atoms with Crippen LogP contribution in [0.15, 0.2) is 18.2 Å². The summed E-state index contributed by atoms with van der Waals surface area (Å²) in [6, 6.07) is 3.70. The third-order valence-corrected chi connectivity index (χ3v) is 3.70. The summed E-state index contributed by atoms with van der Waals surface area (Å²) in [5.74, 6) is 0.0631. The molecule has 112 valence electrons. The van der Waals surface area contributed by atoms with Crippen LogP contribution in [0, 0.1) is 26.1 Å². The smallest absolute Gasteiger partial charge is 0.280 e. The topological polar surface area (TPSA) is 107 Å². The summed E-state index contributed by atoms with van der Waals surface area (Å²) < 4.78 is 0. The van der Waals surface area contributed by atoms with E-state index in [2.05, 4.69) is 0 Å². The first-order valence-corrected chi connectivity index (χ1v) is 6.60. The number of aldehydes is 1. The van der Waals surface area contributed by atoms with E-state index in [4.69, 9.17) is 0 Å². The Morgan fingerprint density at radius 3 is 2.38 bits per heavy atom. The molecule has 0 saturated carbocycles. The monoisotopic (exact) mass is 293 g/mol. The zero-order valence-corrected chi connectivity index (χ0v) is 11.3. The summed E-state index contributed by atoms with van der Waals surface area (Å²) in [4.78, 5) is 33.2. The summed E-state index contributed by atoms with van der Waals surface area (Å²) in [5.41, 5.74) is -0.0676. The third-order valence-electron chi connectivity index (χ3n) is 3.70. The van der Waals surface area contributed by atoms with E-state index in [0.717, 1.165) is 25.2 Å². The van der Waals surface area contributed by atoms with Crippen LogP contribution in [0.3, 0.4) is 0 Å². The molecule has 0 spiro atoms. The number of hydrogen-bond donors (Lipinski definition) is 0. The lowest BCUT2D eigenvalue weighted by Gasteiger charge is -2.29. The van der Waals surface area contributed by atoms with E-state index in [0.29, 0.717) is 25.2 Å². The maximum Gasteiger partial charge on any atom is 0.280 e. The molecule has 1 heterocycles. The second kappa shape index (κ2) is 6.40. The minimum Gasteiger partial charge on any atom is -0.303 e. The first-order valence-electron chi connectivity index (χ1n) is 6.60. The van der Waals surface area contributed by atoms with Gasteiger partial charge in [0.25, 0.3) is 11.4 Å². The number of benzene rings is 1. The van der Waals surface area contributed by atoms with Crippen LogP contribution < -0.4 is 0 Å². The highest BCUT2D eigenvalue weighted by molar-refractivity contribution is 5.53. The first-order chi connectivity index (χ1) is 10.0. The minimum absolute atomic E-state index is 0.0631. The average molecular weight is 293 g/mol. The molecule has 1 fully saturated rings. The number of rotatable bonds is 5. The Morgan fingerprint density at radius 1 is 1.19 bits per heavy atom. The molecule has 8 nitrogen and oxygen atoms in total. The van der Waals surface area contributed by atoms with E-state index in [9.17, 15) is 25.0 Å². The van der Waals surface area contributed by atoms with Gasteiger partial charge in [-0.2, -0.15) is 0 Å². The number of likely N-dealkylation sites (tertiary alicyclic amines) is 1. The van der Waals surface area contributed by atoms with Gasteiger partial charge in [0.05, 0.1) is 15.9 Å². The predicted molar refractivity (Wildman–Crippen MR) is 73.8 cm³/mol. The van der Waals surface area contributed by atoms with Crippen molar-refractivity contribution in [3.63, 3.8) is 0 Å². The van der Waals surface area contributed by atoms with Gasteiger partial charge in [0.2, 0.25) is 0 Å². The maximum atomic E-state index is 11.1. The van der Waals surface area contributed by atoms with Gasteiger partial charge in [-0.05, 0) is 32.0 Å². The standard InChI is InChI=1S/C13H15N3O5/c17-9-10-3-5-14(6-4-10)8-11-1-2-12(15(18)19)7-13(11)16(20)21/h1-2,7,9-10H,3-6,8H2. The maximum absolute atomic E-state index is 11.1. The summed E-state index contributed by atoms with van der Waals surface area (Å²) in [6.45, 7) is 1.75. The van der Waals surface area contributed by atoms with Crippen molar-refractivity contribution in [3.05, 3.63) is 44.0 Å². The normalized spacial score (nSPS) is 16.6. The molecule has 0 aromatic heterocycles. The Labute approximate surface area is 120 Å². The molecule has 0 N–H and O–H groups in total. The summed E-state index contributed by atoms with van der Waals surface area (Å²) in [5, 5.41) is 21.7. The molecule has 0 atom stereocenters. The van der Waals surface area contributed by atoms with Crippen LogP contribution in [-0.2, 0) is 11.3 Å². The van der Waals surface area contributed by atoms with Crippen molar-refractivity contribution in [2.45, 2.75) is 19.4 Å². The number of nitrogens with zero attached hydrogens (tertiary/aromatic N) is 3. The van der Waals surface area contributed by atoms with Crippen molar-refractivity contribution in [2.75, 3.05) is 13.1 Å². The van der Waals surface area contributed by atoms with Gasteiger partial charge >= 0.3 is 0 Å². The fourth-order valence-corrected chi connectivity index (χ4v) is 2.46. The van der Waals surface area contributed by atoms with Crippen LogP contribution in [0.25, 0.3) is 0 Å². The van der Waals surface area contributed by atoms with Crippen molar-refractivity contribution < 1.29 is 14.6 Å². The fourth-order valence-electron chi connectivity index (χ4n) is 2.46. The van der Waals surface area contributed by atoms with Crippen molar-refractivity contribution in [3.8, 4) is 0 Å². The van der Waals surface area contributed by atoms with E-state index in [-0.39, 0.29) is 17.3 Å². The van der Waals surface area contributed by atoms with Crippen molar-refractivity contribution in [1.82, 2.24) is 4.90 Å². The molecule has 1 aromatic carbocycles. The Hall–Kier alpha value is -2.35. The van der Waals surface area contributed by atoms with Gasteiger partial charge in [-0.15, -0.1) is 0 Å². The molecular weight excluding hydrogens is 278 g/mol. The number of nitro benzene ring substituents is 2. The van der Waals surface area contributed by atoms with Crippen LogP contribution in [0.1, 0.15) is 18.4 Å². The van der Waals surface area contributed by atoms with Gasteiger partial charge in [0, 0.05) is 24.1 Å². The number of hydrogen-bond acceptors (Lipinski definition) is 6. The molecular formula is C13H15N3O5.